The van der Waals surface area contributed by atoms with E-state index < -0.39 is 0 Å². The lowest BCUT2D eigenvalue weighted by molar-refractivity contribution is -0.280. The van der Waals surface area contributed by atoms with Crippen LogP contribution in [0.1, 0.15) is 98.8 Å². The van der Waals surface area contributed by atoms with Gasteiger partial charge in [0.05, 0.1) is 6.61 Å². The zero-order valence-corrected chi connectivity index (χ0v) is 23.5. The first-order valence-electron chi connectivity index (χ1n) is 14.5. The van der Waals surface area contributed by atoms with Crippen LogP contribution in [0.5, 0.6) is 0 Å². The highest BCUT2D eigenvalue weighted by Crippen LogP contribution is 2.34. The molecule has 0 amide bonds. The Hall–Kier alpha value is -0.500. The fourth-order valence-electron chi connectivity index (χ4n) is 4.26. The van der Waals surface area contributed by atoms with Crippen molar-refractivity contribution in [2.24, 2.45) is 0 Å². The Morgan fingerprint density at radius 2 is 0.657 bits per heavy atom. The molecule has 6 nitrogen and oxygen atoms in total. The fraction of sp³-hybridized carbons (Fsp3) is 0.931. The molecule has 0 aliphatic heterocycles. The van der Waals surface area contributed by atoms with Crippen LogP contribution < -0.4 is 0 Å². The third-order valence-electron chi connectivity index (χ3n) is 6.39. The molecule has 0 radical (unpaired) electrons. The second-order valence-corrected chi connectivity index (χ2v) is 9.53. The SMILES string of the molecule is C=CCO[C@@H]1[C@@H](OCCCC)[C@H](OCCCC)[C@@H](OCCCC)[C@H](OCCCC)[C@@H]1OCCCC. The molecule has 1 aliphatic carbocycles. The van der Waals surface area contributed by atoms with E-state index >= 15 is 0 Å². The number of hydrogen-bond donors (Lipinski definition) is 0. The van der Waals surface area contributed by atoms with Crippen molar-refractivity contribution in [2.45, 2.75) is 135 Å². The molecule has 1 aliphatic rings. The van der Waals surface area contributed by atoms with E-state index in [0.29, 0.717) is 39.6 Å². The summed E-state index contributed by atoms with van der Waals surface area (Å²) in [6.45, 7) is 18.5. The number of ether oxygens (including phenoxy) is 6. The molecule has 0 aromatic carbocycles. The largest absolute Gasteiger partial charge is 0.373 e. The van der Waals surface area contributed by atoms with Gasteiger partial charge in [0, 0.05) is 33.0 Å². The Labute approximate surface area is 216 Å². The van der Waals surface area contributed by atoms with Crippen molar-refractivity contribution < 1.29 is 28.4 Å². The normalized spacial score (nSPS) is 26.8. The van der Waals surface area contributed by atoms with Gasteiger partial charge in [-0.1, -0.05) is 72.8 Å². The zero-order valence-electron chi connectivity index (χ0n) is 23.5. The fourth-order valence-corrected chi connectivity index (χ4v) is 4.26. The topological polar surface area (TPSA) is 55.4 Å². The van der Waals surface area contributed by atoms with Gasteiger partial charge in [-0.25, -0.2) is 0 Å². The molecule has 0 N–H and O–H groups in total. The van der Waals surface area contributed by atoms with Crippen LogP contribution in [-0.4, -0.2) is 76.3 Å². The van der Waals surface area contributed by atoms with Gasteiger partial charge < -0.3 is 28.4 Å². The second-order valence-electron chi connectivity index (χ2n) is 9.53. The lowest BCUT2D eigenvalue weighted by Crippen LogP contribution is -2.67. The minimum absolute atomic E-state index is 0.267. The van der Waals surface area contributed by atoms with Crippen molar-refractivity contribution in [2.75, 3.05) is 39.6 Å². The Bertz CT molecular complexity index is 456. The maximum absolute atomic E-state index is 6.55. The van der Waals surface area contributed by atoms with Gasteiger partial charge in [0.15, 0.2) is 0 Å². The molecule has 0 bridgehead atoms. The van der Waals surface area contributed by atoms with Crippen molar-refractivity contribution in [3.8, 4) is 0 Å². The van der Waals surface area contributed by atoms with Gasteiger partial charge in [-0.05, 0) is 32.1 Å². The second kappa shape index (κ2) is 21.6. The van der Waals surface area contributed by atoms with Crippen molar-refractivity contribution >= 4 is 0 Å². The van der Waals surface area contributed by atoms with Crippen molar-refractivity contribution in [3.63, 3.8) is 0 Å². The molecule has 0 unspecified atom stereocenters. The summed E-state index contributed by atoms with van der Waals surface area (Å²) in [5.74, 6) is 0. The van der Waals surface area contributed by atoms with Crippen LogP contribution in [0.4, 0.5) is 0 Å². The van der Waals surface area contributed by atoms with E-state index in [0.717, 1.165) is 64.2 Å². The molecule has 208 valence electrons. The van der Waals surface area contributed by atoms with Crippen LogP contribution in [0.25, 0.3) is 0 Å². The number of hydrogen-bond acceptors (Lipinski definition) is 6. The Morgan fingerprint density at radius 1 is 0.429 bits per heavy atom. The highest BCUT2D eigenvalue weighted by atomic mass is 16.6. The molecular weight excluding hydrogens is 444 g/mol. The Kier molecular flexibility index (Phi) is 20.0. The summed E-state index contributed by atoms with van der Waals surface area (Å²) in [5.41, 5.74) is 0. The predicted molar refractivity (Wildman–Crippen MR) is 143 cm³/mol. The van der Waals surface area contributed by atoms with Gasteiger partial charge in [0.2, 0.25) is 0 Å². The summed E-state index contributed by atoms with van der Waals surface area (Å²) < 4.78 is 39.1. The highest BCUT2D eigenvalue weighted by Gasteiger charge is 2.54. The summed E-state index contributed by atoms with van der Waals surface area (Å²) in [6.07, 6.45) is 10.4. The van der Waals surface area contributed by atoms with Crippen LogP contribution in [0.3, 0.4) is 0 Å². The highest BCUT2D eigenvalue weighted by molar-refractivity contribution is 5.04. The van der Waals surface area contributed by atoms with E-state index in [2.05, 4.69) is 41.2 Å². The molecule has 35 heavy (non-hydrogen) atoms. The van der Waals surface area contributed by atoms with Crippen LogP contribution in [0.2, 0.25) is 0 Å². The quantitative estimate of drug-likeness (QED) is 0.118. The first-order valence-corrected chi connectivity index (χ1v) is 14.5. The van der Waals surface area contributed by atoms with E-state index in [1.807, 2.05) is 0 Å². The first-order chi connectivity index (χ1) is 17.2. The van der Waals surface area contributed by atoms with Gasteiger partial charge in [-0.2, -0.15) is 0 Å². The molecule has 0 heterocycles. The summed E-state index contributed by atoms with van der Waals surface area (Å²) in [4.78, 5) is 0. The summed E-state index contributed by atoms with van der Waals surface area (Å²) in [6, 6.07) is 0. The molecular formula is C29H56O6. The maximum atomic E-state index is 6.55. The van der Waals surface area contributed by atoms with Crippen molar-refractivity contribution in [3.05, 3.63) is 12.7 Å². The average Bonchev–Trinajstić information content (AvgIpc) is 2.86. The molecule has 0 saturated heterocycles. The molecule has 6 atom stereocenters. The number of rotatable bonds is 23. The van der Waals surface area contributed by atoms with E-state index in [-0.39, 0.29) is 36.6 Å². The van der Waals surface area contributed by atoms with Crippen LogP contribution >= 0.6 is 0 Å². The van der Waals surface area contributed by atoms with Gasteiger partial charge in [-0.15, -0.1) is 6.58 Å². The monoisotopic (exact) mass is 500 g/mol. The van der Waals surface area contributed by atoms with Crippen molar-refractivity contribution in [1.82, 2.24) is 0 Å². The zero-order chi connectivity index (χ0) is 25.7. The molecule has 0 aromatic heterocycles. The first kappa shape index (κ1) is 32.5. The summed E-state index contributed by atoms with van der Waals surface area (Å²) >= 11 is 0. The third kappa shape index (κ3) is 12.1. The molecule has 0 aromatic rings. The van der Waals surface area contributed by atoms with Gasteiger partial charge in [0.1, 0.15) is 36.6 Å². The van der Waals surface area contributed by atoms with E-state index in [1.54, 1.807) is 6.08 Å². The summed E-state index contributed by atoms with van der Waals surface area (Å²) in [7, 11) is 0. The van der Waals surface area contributed by atoms with Gasteiger partial charge in [0.25, 0.3) is 0 Å². The van der Waals surface area contributed by atoms with Gasteiger partial charge in [-0.3, -0.25) is 0 Å². The average molecular weight is 501 g/mol. The molecule has 1 saturated carbocycles. The molecule has 1 fully saturated rings. The molecule has 1 rings (SSSR count). The van der Waals surface area contributed by atoms with E-state index in [1.165, 1.54) is 0 Å². The maximum Gasteiger partial charge on any atom is 0.115 e. The predicted octanol–water partition coefficient (Wildman–Crippen LogP) is 6.50. The standard InChI is InChI=1S/C29H56O6/c1-7-13-19-31-25-24(30-18-12-6)26(32-20-14-8-2)28(34-22-16-10-4)29(35-23-17-11-5)27(25)33-21-15-9-3/h12,24-29H,6-11,13-23H2,1-5H3/t24-,25-,26-,27+,28-,29-/m1/s1. The minimum atomic E-state index is -0.314. The number of unbranched alkanes of at least 4 members (excludes halogenated alkanes) is 5. The third-order valence-corrected chi connectivity index (χ3v) is 6.39. The van der Waals surface area contributed by atoms with E-state index in [9.17, 15) is 0 Å². The Morgan fingerprint density at radius 3 is 0.857 bits per heavy atom. The molecule has 6 heteroatoms. The lowest BCUT2D eigenvalue weighted by Gasteiger charge is -2.49. The molecule has 0 spiro atoms. The van der Waals surface area contributed by atoms with Gasteiger partial charge >= 0.3 is 0 Å². The smallest absolute Gasteiger partial charge is 0.115 e. The van der Waals surface area contributed by atoms with E-state index in [4.69, 9.17) is 28.4 Å². The van der Waals surface area contributed by atoms with Crippen molar-refractivity contribution in [1.29, 1.82) is 0 Å². The lowest BCUT2D eigenvalue weighted by atomic mass is 9.83. The van der Waals surface area contributed by atoms with Crippen LogP contribution in [0, 0.1) is 0 Å². The van der Waals surface area contributed by atoms with Crippen LogP contribution in [0.15, 0.2) is 12.7 Å². The summed E-state index contributed by atoms with van der Waals surface area (Å²) in [5, 5.41) is 0. The van der Waals surface area contributed by atoms with Crippen LogP contribution in [-0.2, 0) is 28.4 Å². The Balaban J connectivity index is 3.37. The minimum Gasteiger partial charge on any atom is -0.373 e.